The summed E-state index contributed by atoms with van der Waals surface area (Å²) in [5, 5.41) is 11.5. The third-order valence-corrected chi connectivity index (χ3v) is 3.86. The molecule has 1 amide bonds. The van der Waals surface area contributed by atoms with Crippen LogP contribution in [0.4, 0.5) is 5.69 Å². The van der Waals surface area contributed by atoms with Crippen LogP contribution in [0.25, 0.3) is 0 Å². The van der Waals surface area contributed by atoms with Gasteiger partial charge in [-0.2, -0.15) is 0 Å². The zero-order valence-corrected chi connectivity index (χ0v) is 13.3. The molecular weight excluding hydrogens is 352 g/mol. The summed E-state index contributed by atoms with van der Waals surface area (Å²) in [6.07, 6.45) is 1.23. The number of aryl methyl sites for hydroxylation is 1. The van der Waals surface area contributed by atoms with Crippen LogP contribution in [0.1, 0.15) is 15.9 Å². The number of rotatable bonds is 4. The SMILES string of the molecule is Cc1cc(NC(=O)c2ccc(=O)n(CC(=O)O)c2)ccc1Br. The second-order valence-electron chi connectivity index (χ2n) is 4.70. The van der Waals surface area contributed by atoms with Gasteiger partial charge in [0.2, 0.25) is 0 Å². The van der Waals surface area contributed by atoms with Gasteiger partial charge in [-0.1, -0.05) is 15.9 Å². The highest BCUT2D eigenvalue weighted by molar-refractivity contribution is 9.10. The molecule has 1 aromatic heterocycles. The van der Waals surface area contributed by atoms with E-state index < -0.39 is 24.0 Å². The summed E-state index contributed by atoms with van der Waals surface area (Å²) in [6, 6.07) is 7.89. The Hall–Kier alpha value is -2.41. The number of aliphatic carboxylic acids is 1. The third-order valence-electron chi connectivity index (χ3n) is 2.97. The van der Waals surface area contributed by atoms with Gasteiger partial charge in [-0.3, -0.25) is 14.4 Å². The molecule has 0 atom stereocenters. The largest absolute Gasteiger partial charge is 0.480 e. The minimum atomic E-state index is -1.15. The Labute approximate surface area is 134 Å². The molecule has 0 aliphatic carbocycles. The molecule has 0 radical (unpaired) electrons. The molecule has 7 heteroatoms. The molecule has 0 aliphatic heterocycles. The van der Waals surface area contributed by atoms with E-state index in [1.54, 1.807) is 12.1 Å². The van der Waals surface area contributed by atoms with E-state index in [2.05, 4.69) is 21.2 Å². The zero-order chi connectivity index (χ0) is 16.3. The number of carboxylic acid groups (broad SMARTS) is 1. The molecule has 0 spiro atoms. The zero-order valence-electron chi connectivity index (χ0n) is 11.7. The average Bonchev–Trinajstić information content (AvgIpc) is 2.44. The highest BCUT2D eigenvalue weighted by Gasteiger charge is 2.10. The lowest BCUT2D eigenvalue weighted by atomic mass is 10.2. The number of carboxylic acids is 1. The van der Waals surface area contributed by atoms with Gasteiger partial charge in [0.05, 0.1) is 5.56 Å². The number of hydrogen-bond donors (Lipinski definition) is 2. The number of anilines is 1. The van der Waals surface area contributed by atoms with Gasteiger partial charge in [0, 0.05) is 22.4 Å². The normalized spacial score (nSPS) is 10.3. The van der Waals surface area contributed by atoms with Crippen molar-refractivity contribution in [1.29, 1.82) is 0 Å². The Kier molecular flexibility index (Phi) is 4.77. The minimum Gasteiger partial charge on any atom is -0.480 e. The smallest absolute Gasteiger partial charge is 0.323 e. The molecule has 1 aromatic carbocycles. The number of aromatic nitrogens is 1. The summed E-state index contributed by atoms with van der Waals surface area (Å²) >= 11 is 3.37. The number of carbonyl (C=O) groups is 2. The Morgan fingerprint density at radius 2 is 2.00 bits per heavy atom. The minimum absolute atomic E-state index is 0.210. The van der Waals surface area contributed by atoms with Gasteiger partial charge in [-0.25, -0.2) is 0 Å². The molecule has 0 saturated carbocycles. The van der Waals surface area contributed by atoms with E-state index in [0.717, 1.165) is 14.6 Å². The number of halogens is 1. The molecule has 6 nitrogen and oxygen atoms in total. The Balaban J connectivity index is 2.23. The fraction of sp³-hybridized carbons (Fsp3) is 0.133. The first-order chi connectivity index (χ1) is 10.4. The van der Waals surface area contributed by atoms with Crippen molar-refractivity contribution in [1.82, 2.24) is 4.57 Å². The van der Waals surface area contributed by atoms with Crippen LogP contribution in [0.2, 0.25) is 0 Å². The van der Waals surface area contributed by atoms with Crippen LogP contribution < -0.4 is 10.9 Å². The van der Waals surface area contributed by atoms with E-state index in [4.69, 9.17) is 5.11 Å². The summed E-state index contributed by atoms with van der Waals surface area (Å²) in [5.41, 5.74) is 1.31. The predicted molar refractivity (Wildman–Crippen MR) is 85.2 cm³/mol. The molecule has 2 rings (SSSR count). The van der Waals surface area contributed by atoms with Crippen molar-refractivity contribution in [3.63, 3.8) is 0 Å². The summed E-state index contributed by atoms with van der Waals surface area (Å²) < 4.78 is 1.91. The predicted octanol–water partition coefficient (Wildman–Crippen LogP) is 2.26. The monoisotopic (exact) mass is 364 g/mol. The van der Waals surface area contributed by atoms with Gasteiger partial charge < -0.3 is 15.0 Å². The Morgan fingerprint density at radius 1 is 1.27 bits per heavy atom. The van der Waals surface area contributed by atoms with Gasteiger partial charge >= 0.3 is 5.97 Å². The van der Waals surface area contributed by atoms with Crippen molar-refractivity contribution in [2.24, 2.45) is 0 Å². The number of carbonyl (C=O) groups excluding carboxylic acids is 1. The van der Waals surface area contributed by atoms with E-state index >= 15 is 0 Å². The fourth-order valence-electron chi connectivity index (χ4n) is 1.86. The van der Waals surface area contributed by atoms with E-state index in [1.807, 2.05) is 13.0 Å². The Bertz CT molecular complexity index is 798. The summed E-state index contributed by atoms with van der Waals surface area (Å²) in [4.78, 5) is 34.4. The molecule has 2 N–H and O–H groups in total. The molecule has 22 heavy (non-hydrogen) atoms. The van der Waals surface area contributed by atoms with Crippen molar-refractivity contribution >= 4 is 33.5 Å². The van der Waals surface area contributed by atoms with Crippen LogP contribution in [0.5, 0.6) is 0 Å². The molecule has 0 bridgehead atoms. The van der Waals surface area contributed by atoms with Crippen LogP contribution in [0.15, 0.2) is 45.8 Å². The van der Waals surface area contributed by atoms with Crippen LogP contribution >= 0.6 is 15.9 Å². The molecule has 0 unspecified atom stereocenters. The first kappa shape index (κ1) is 16.0. The molecular formula is C15H13BrN2O4. The van der Waals surface area contributed by atoms with Crippen LogP contribution in [-0.2, 0) is 11.3 Å². The first-order valence-corrected chi connectivity index (χ1v) is 7.16. The van der Waals surface area contributed by atoms with Gasteiger partial charge in [-0.05, 0) is 36.8 Å². The number of nitrogens with one attached hydrogen (secondary N) is 1. The van der Waals surface area contributed by atoms with E-state index in [9.17, 15) is 14.4 Å². The van der Waals surface area contributed by atoms with Crippen molar-refractivity contribution in [3.8, 4) is 0 Å². The van der Waals surface area contributed by atoms with E-state index in [0.29, 0.717) is 5.69 Å². The maximum Gasteiger partial charge on any atom is 0.323 e. The highest BCUT2D eigenvalue weighted by atomic mass is 79.9. The van der Waals surface area contributed by atoms with Gasteiger partial charge in [-0.15, -0.1) is 0 Å². The molecule has 2 aromatic rings. The molecule has 1 heterocycles. The number of pyridine rings is 1. The van der Waals surface area contributed by atoms with Crippen LogP contribution in [0, 0.1) is 6.92 Å². The number of benzene rings is 1. The van der Waals surface area contributed by atoms with E-state index in [1.165, 1.54) is 18.3 Å². The first-order valence-electron chi connectivity index (χ1n) is 6.36. The van der Waals surface area contributed by atoms with Gasteiger partial charge in [0.25, 0.3) is 11.5 Å². The van der Waals surface area contributed by atoms with Crippen molar-refractivity contribution < 1.29 is 14.7 Å². The summed E-state index contributed by atoms with van der Waals surface area (Å²) in [7, 11) is 0. The van der Waals surface area contributed by atoms with Crippen molar-refractivity contribution in [2.45, 2.75) is 13.5 Å². The summed E-state index contributed by atoms with van der Waals surface area (Å²) in [6.45, 7) is 1.41. The number of nitrogens with zero attached hydrogens (tertiary/aromatic N) is 1. The molecule has 0 saturated heterocycles. The van der Waals surface area contributed by atoms with Gasteiger partial charge in [0.1, 0.15) is 6.54 Å². The second-order valence-corrected chi connectivity index (χ2v) is 5.55. The molecule has 114 valence electrons. The second kappa shape index (κ2) is 6.57. The average molecular weight is 365 g/mol. The van der Waals surface area contributed by atoms with Crippen LogP contribution in [-0.4, -0.2) is 21.6 Å². The van der Waals surface area contributed by atoms with Crippen LogP contribution in [0.3, 0.4) is 0 Å². The third kappa shape index (κ3) is 3.82. The van der Waals surface area contributed by atoms with Crippen molar-refractivity contribution in [2.75, 3.05) is 5.32 Å². The lowest BCUT2D eigenvalue weighted by Gasteiger charge is -2.09. The number of amides is 1. The topological polar surface area (TPSA) is 88.4 Å². The summed E-state index contributed by atoms with van der Waals surface area (Å²) in [5.74, 6) is -1.57. The maximum atomic E-state index is 12.2. The quantitative estimate of drug-likeness (QED) is 0.870. The number of hydrogen-bond acceptors (Lipinski definition) is 3. The van der Waals surface area contributed by atoms with Gasteiger partial charge in [0.15, 0.2) is 0 Å². The molecule has 0 fully saturated rings. The highest BCUT2D eigenvalue weighted by Crippen LogP contribution is 2.20. The Morgan fingerprint density at radius 3 is 2.64 bits per heavy atom. The van der Waals surface area contributed by atoms with E-state index in [-0.39, 0.29) is 5.56 Å². The lowest BCUT2D eigenvalue weighted by molar-refractivity contribution is -0.137. The lowest BCUT2D eigenvalue weighted by Crippen LogP contribution is -2.25. The van der Waals surface area contributed by atoms with Crippen molar-refractivity contribution in [3.05, 3.63) is 62.5 Å². The standard InChI is InChI=1S/C15H13BrN2O4/c1-9-6-11(3-4-12(9)16)17-15(22)10-2-5-13(19)18(7-10)8-14(20)21/h2-7H,8H2,1H3,(H,17,22)(H,20,21). The fourth-order valence-corrected chi connectivity index (χ4v) is 2.11. The maximum absolute atomic E-state index is 12.2. The molecule has 0 aliphatic rings.